The van der Waals surface area contributed by atoms with Gasteiger partial charge in [-0.05, 0) is 85.5 Å². The number of hydrogen-bond donors (Lipinski definition) is 3. The fourth-order valence-corrected chi connectivity index (χ4v) is 12.2. The number of alkyl halides is 3. The first-order valence-corrected chi connectivity index (χ1v) is 20.4. The van der Waals surface area contributed by atoms with Crippen LogP contribution in [0, 0.1) is 33.5 Å². The first-order valence-electron chi connectivity index (χ1n) is 20.4. The molecule has 0 aliphatic heterocycles. The minimum Gasteiger partial charge on any atom is -0.406 e. The Balaban J connectivity index is 1.10. The van der Waals surface area contributed by atoms with Gasteiger partial charge in [0, 0.05) is 47.0 Å². The van der Waals surface area contributed by atoms with Crippen molar-refractivity contribution in [2.75, 3.05) is 19.7 Å². The highest BCUT2D eigenvalue weighted by Crippen LogP contribution is 2.78. The van der Waals surface area contributed by atoms with Gasteiger partial charge in [0.1, 0.15) is 5.75 Å². The van der Waals surface area contributed by atoms with Crippen LogP contribution in [-0.4, -0.2) is 69.9 Å². The molecule has 6 aliphatic rings. The van der Waals surface area contributed by atoms with E-state index in [9.17, 15) is 33.3 Å². The molecule has 3 aromatic carbocycles. The molecule has 3 aromatic rings. The third-order valence-corrected chi connectivity index (χ3v) is 14.9. The number of fused-ring (bicyclic) bond motifs is 1. The predicted molar refractivity (Wildman–Crippen MR) is 210 cm³/mol. The first kappa shape index (κ1) is 40.0. The number of halogens is 3. The molecular weight excluding hydrogens is 732 g/mol. The highest BCUT2D eigenvalue weighted by Gasteiger charge is 2.74. The van der Waals surface area contributed by atoms with Crippen molar-refractivity contribution >= 4 is 5.78 Å². The molecule has 304 valence electrons. The number of carbonyl (C=O) groups is 1. The highest BCUT2D eigenvalue weighted by molar-refractivity contribution is 6.10. The van der Waals surface area contributed by atoms with E-state index in [4.69, 9.17) is 4.74 Å². The second-order valence-corrected chi connectivity index (χ2v) is 18.0. The van der Waals surface area contributed by atoms with Crippen LogP contribution in [0.1, 0.15) is 80.3 Å². The lowest BCUT2D eigenvalue weighted by Gasteiger charge is -2.71. The molecule has 2 bridgehead atoms. The Labute approximate surface area is 333 Å². The van der Waals surface area contributed by atoms with Crippen molar-refractivity contribution in [3.63, 3.8) is 0 Å². The molecule has 6 aliphatic carbocycles. The number of aliphatic hydroxyl groups is 3. The van der Waals surface area contributed by atoms with E-state index >= 15 is 0 Å². The van der Waals surface area contributed by atoms with Crippen LogP contribution in [0.25, 0.3) is 0 Å². The molecule has 9 unspecified atom stereocenters. The fraction of sp³-hybridized carbons (Fsp3) is 0.511. The highest BCUT2D eigenvalue weighted by atomic mass is 19.4. The van der Waals surface area contributed by atoms with Crippen molar-refractivity contribution in [2.24, 2.45) is 33.5 Å². The maximum absolute atomic E-state index is 14.8. The molecule has 3 N–H and O–H groups in total. The van der Waals surface area contributed by atoms with Crippen molar-refractivity contribution in [1.29, 1.82) is 0 Å². The Hall–Kier alpha value is -3.80. The molecule has 9 atom stereocenters. The smallest absolute Gasteiger partial charge is 0.406 e. The molecular formula is C47H54F3NO6. The lowest BCUT2D eigenvalue weighted by molar-refractivity contribution is -0.274. The monoisotopic (exact) mass is 785 g/mol. The largest absolute Gasteiger partial charge is 0.573 e. The molecule has 7 nitrogen and oxygen atoms in total. The summed E-state index contributed by atoms with van der Waals surface area (Å²) in [5.41, 5.74) is 0.0497. The second kappa shape index (κ2) is 14.8. The van der Waals surface area contributed by atoms with Crippen molar-refractivity contribution in [1.82, 2.24) is 4.90 Å². The Morgan fingerprint density at radius 1 is 0.860 bits per heavy atom. The van der Waals surface area contributed by atoms with E-state index in [1.165, 1.54) is 12.1 Å². The number of allylic oxidation sites excluding steroid dienone is 4. The Morgan fingerprint density at radius 3 is 2.21 bits per heavy atom. The number of ether oxygens (including phenoxy) is 2. The topological polar surface area (TPSA) is 99.5 Å². The van der Waals surface area contributed by atoms with Gasteiger partial charge in [0.25, 0.3) is 0 Å². The Bertz CT molecular complexity index is 1990. The zero-order chi connectivity index (χ0) is 40.3. The van der Waals surface area contributed by atoms with E-state index in [1.54, 1.807) is 12.1 Å². The molecule has 9 rings (SSSR count). The van der Waals surface area contributed by atoms with Gasteiger partial charge in [-0.2, -0.15) is 0 Å². The lowest BCUT2D eigenvalue weighted by atomic mass is 9.32. The molecule has 0 heterocycles. The first-order chi connectivity index (χ1) is 27.1. The normalized spacial score (nSPS) is 34.6. The van der Waals surface area contributed by atoms with Crippen molar-refractivity contribution in [3.8, 4) is 5.75 Å². The molecule has 3 saturated carbocycles. The number of benzene rings is 3. The molecule has 0 radical (unpaired) electrons. The van der Waals surface area contributed by atoms with Crippen LogP contribution in [0.5, 0.6) is 5.75 Å². The third-order valence-electron chi connectivity index (χ3n) is 14.9. The van der Waals surface area contributed by atoms with Gasteiger partial charge in [-0.15, -0.1) is 13.2 Å². The minimum absolute atomic E-state index is 0.00401. The van der Waals surface area contributed by atoms with Crippen LogP contribution in [0.4, 0.5) is 13.2 Å². The van der Waals surface area contributed by atoms with Gasteiger partial charge in [0.15, 0.2) is 5.78 Å². The molecule has 3 fully saturated rings. The van der Waals surface area contributed by atoms with Crippen LogP contribution in [0.15, 0.2) is 109 Å². The van der Waals surface area contributed by atoms with Crippen LogP contribution in [-0.2, 0) is 17.9 Å². The summed E-state index contributed by atoms with van der Waals surface area (Å²) in [7, 11) is 0. The number of hydrogen-bond acceptors (Lipinski definition) is 7. The Kier molecular flexibility index (Phi) is 10.4. The number of rotatable bonds is 13. The minimum atomic E-state index is -4.81. The summed E-state index contributed by atoms with van der Waals surface area (Å²) < 4.78 is 48.8. The maximum Gasteiger partial charge on any atom is 0.573 e. The van der Waals surface area contributed by atoms with Gasteiger partial charge in [0.2, 0.25) is 0 Å². The summed E-state index contributed by atoms with van der Waals surface area (Å²) in [4.78, 5) is 16.8. The summed E-state index contributed by atoms with van der Waals surface area (Å²) >= 11 is 0. The summed E-state index contributed by atoms with van der Waals surface area (Å²) in [5, 5.41) is 35.5. The van der Waals surface area contributed by atoms with Crippen LogP contribution >= 0.6 is 0 Å². The number of aliphatic hydroxyl groups excluding tert-OH is 2. The van der Waals surface area contributed by atoms with E-state index in [0.717, 1.165) is 36.8 Å². The van der Waals surface area contributed by atoms with Crippen molar-refractivity contribution in [2.45, 2.75) is 96.1 Å². The number of carbonyl (C=O) groups excluding carboxylic acids is 1. The SMILES string of the molecule is CC12CCC(O)CC13C=CC1(C(C(=O)c4ccccc4)=C3)C2CCC2(C)C1CCC2(O)CN(Cc1ccc(OC(F)(F)F)cc1)CC(O)COCc1ccccc1. The van der Waals surface area contributed by atoms with Crippen LogP contribution in [0.3, 0.4) is 0 Å². The zero-order valence-corrected chi connectivity index (χ0v) is 32.8. The van der Waals surface area contributed by atoms with Crippen LogP contribution in [0.2, 0.25) is 0 Å². The Morgan fingerprint density at radius 2 is 1.51 bits per heavy atom. The standard InChI is InChI=1S/C47H54F3NO6/c1-42-20-17-35(52)25-44(42)23-24-46(38(26-44)41(54)34-11-7-4-8-12-34)39(42)18-21-43(2)40(46)19-22-45(43,55)31-51(27-32-13-15-37(16-14-32)57-47(48,49)50)28-36(53)30-56-29-33-9-5-3-6-10-33/h3-16,23-24,26,35-36,39-40,52-53,55H,17-22,25,27-31H2,1-2H3. The fourth-order valence-electron chi connectivity index (χ4n) is 12.2. The summed E-state index contributed by atoms with van der Waals surface area (Å²) in [6.45, 7) is 5.56. The van der Waals surface area contributed by atoms with Gasteiger partial charge < -0.3 is 24.8 Å². The molecule has 10 heteroatoms. The molecule has 0 aromatic heterocycles. The van der Waals surface area contributed by atoms with Crippen molar-refractivity contribution < 1.29 is 42.8 Å². The predicted octanol–water partition coefficient (Wildman–Crippen LogP) is 8.44. The van der Waals surface area contributed by atoms with Gasteiger partial charge in [0.05, 0.1) is 31.0 Å². The van der Waals surface area contributed by atoms with Gasteiger partial charge in [-0.3, -0.25) is 9.69 Å². The number of nitrogens with zero attached hydrogens (tertiary/aromatic N) is 1. The number of ketones is 1. The summed E-state index contributed by atoms with van der Waals surface area (Å²) in [6, 6.07) is 24.8. The van der Waals surface area contributed by atoms with Gasteiger partial charge in [-0.1, -0.05) is 105 Å². The second-order valence-electron chi connectivity index (χ2n) is 18.0. The van der Waals surface area contributed by atoms with E-state index < -0.39 is 40.4 Å². The summed E-state index contributed by atoms with van der Waals surface area (Å²) in [6.07, 6.45) is 5.55. The van der Waals surface area contributed by atoms with E-state index in [2.05, 4.69) is 36.8 Å². The zero-order valence-electron chi connectivity index (χ0n) is 32.8. The average Bonchev–Trinajstić information content (AvgIpc) is 3.45. The van der Waals surface area contributed by atoms with Gasteiger partial charge in [-0.25, -0.2) is 0 Å². The maximum atomic E-state index is 14.8. The molecule has 0 amide bonds. The molecule has 57 heavy (non-hydrogen) atoms. The number of Topliss-reactive ketones (excluding diaryl/α,β-unsaturated/α-hetero) is 1. The van der Waals surface area contributed by atoms with Crippen LogP contribution < -0.4 is 4.74 Å². The average molecular weight is 786 g/mol. The quantitative estimate of drug-likeness (QED) is 0.118. The summed E-state index contributed by atoms with van der Waals surface area (Å²) in [5.74, 6) is -0.234. The third kappa shape index (κ3) is 6.99. The van der Waals surface area contributed by atoms with Crippen molar-refractivity contribution in [3.05, 3.63) is 125 Å². The van der Waals surface area contributed by atoms with Gasteiger partial charge >= 0.3 is 6.36 Å². The van der Waals surface area contributed by atoms with E-state index in [0.29, 0.717) is 37.0 Å². The lowest BCUT2D eigenvalue weighted by Crippen LogP contribution is -2.67. The molecule has 2 spiro atoms. The molecule has 0 saturated heterocycles. The van der Waals surface area contributed by atoms with E-state index in [-0.39, 0.29) is 55.0 Å². The van der Waals surface area contributed by atoms with E-state index in [1.807, 2.05) is 65.6 Å².